The number of aryl methyl sites for hydroxylation is 1. The van der Waals surface area contributed by atoms with Crippen LogP contribution in [0.3, 0.4) is 0 Å². The Hall–Kier alpha value is -1.88. The number of hydrogen-bond donors (Lipinski definition) is 0. The number of amides is 1. The lowest BCUT2D eigenvalue weighted by Gasteiger charge is -2.23. The molecule has 2 aromatic rings. The SMILES string of the molecule is Cc1ccc(CC(=O)N2CCC[C@@H]2CC(=O)c2cccs2)o1. The number of rotatable bonds is 5. The topological polar surface area (TPSA) is 50.5 Å². The van der Waals surface area contributed by atoms with Gasteiger partial charge in [-0.25, -0.2) is 0 Å². The lowest BCUT2D eigenvalue weighted by molar-refractivity contribution is -0.131. The number of nitrogens with zero attached hydrogens (tertiary/aromatic N) is 1. The number of furan rings is 1. The summed E-state index contributed by atoms with van der Waals surface area (Å²) >= 11 is 1.46. The second-order valence-corrected chi connectivity index (χ2v) is 6.62. The average molecular weight is 317 g/mol. The van der Waals surface area contributed by atoms with Gasteiger partial charge in [0.05, 0.1) is 11.3 Å². The van der Waals surface area contributed by atoms with Gasteiger partial charge >= 0.3 is 0 Å². The summed E-state index contributed by atoms with van der Waals surface area (Å²) in [6.45, 7) is 2.60. The number of carbonyl (C=O) groups excluding carboxylic acids is 2. The summed E-state index contributed by atoms with van der Waals surface area (Å²) in [4.78, 5) is 27.3. The fourth-order valence-electron chi connectivity index (χ4n) is 2.96. The molecule has 1 fully saturated rings. The van der Waals surface area contributed by atoms with Gasteiger partial charge in [-0.05, 0) is 43.3 Å². The van der Waals surface area contributed by atoms with Gasteiger partial charge in [0, 0.05) is 19.0 Å². The predicted octanol–water partition coefficient (Wildman–Crippen LogP) is 3.46. The van der Waals surface area contributed by atoms with Crippen molar-refractivity contribution in [1.82, 2.24) is 4.90 Å². The van der Waals surface area contributed by atoms with E-state index >= 15 is 0 Å². The van der Waals surface area contributed by atoms with E-state index in [1.807, 2.05) is 41.5 Å². The highest BCUT2D eigenvalue weighted by atomic mass is 32.1. The highest BCUT2D eigenvalue weighted by Crippen LogP contribution is 2.24. The normalized spacial score (nSPS) is 17.9. The van der Waals surface area contributed by atoms with Crippen LogP contribution in [0.5, 0.6) is 0 Å². The Kier molecular flexibility index (Phi) is 4.43. The minimum absolute atomic E-state index is 0.0261. The van der Waals surface area contributed by atoms with E-state index in [-0.39, 0.29) is 24.2 Å². The molecule has 0 bridgehead atoms. The molecule has 1 amide bonds. The molecule has 4 nitrogen and oxygen atoms in total. The van der Waals surface area contributed by atoms with Gasteiger partial charge in [0.15, 0.2) is 5.78 Å². The minimum Gasteiger partial charge on any atom is -0.466 e. The summed E-state index contributed by atoms with van der Waals surface area (Å²) in [6, 6.07) is 7.46. The first kappa shape index (κ1) is 15.0. The average Bonchev–Trinajstić information content (AvgIpc) is 3.20. The zero-order chi connectivity index (χ0) is 15.5. The smallest absolute Gasteiger partial charge is 0.230 e. The van der Waals surface area contributed by atoms with E-state index in [2.05, 4.69) is 0 Å². The number of Topliss-reactive ketones (excluding diaryl/α,β-unsaturated/α-hetero) is 1. The number of hydrogen-bond acceptors (Lipinski definition) is 4. The maximum atomic E-state index is 12.5. The van der Waals surface area contributed by atoms with E-state index in [0.29, 0.717) is 12.2 Å². The van der Waals surface area contributed by atoms with E-state index < -0.39 is 0 Å². The second-order valence-electron chi connectivity index (χ2n) is 5.68. The van der Waals surface area contributed by atoms with Crippen molar-refractivity contribution in [3.05, 3.63) is 46.0 Å². The van der Waals surface area contributed by atoms with Crippen molar-refractivity contribution in [3.8, 4) is 0 Å². The van der Waals surface area contributed by atoms with Crippen LogP contribution in [-0.4, -0.2) is 29.2 Å². The van der Waals surface area contributed by atoms with Gasteiger partial charge in [0.25, 0.3) is 0 Å². The largest absolute Gasteiger partial charge is 0.466 e. The Morgan fingerprint density at radius 1 is 1.36 bits per heavy atom. The molecule has 3 heterocycles. The predicted molar refractivity (Wildman–Crippen MR) is 85.2 cm³/mol. The molecule has 1 saturated heterocycles. The van der Waals surface area contributed by atoms with Gasteiger partial charge in [-0.15, -0.1) is 11.3 Å². The van der Waals surface area contributed by atoms with Crippen LogP contribution in [0.15, 0.2) is 34.1 Å². The molecule has 0 N–H and O–H groups in total. The maximum absolute atomic E-state index is 12.5. The molecule has 22 heavy (non-hydrogen) atoms. The Morgan fingerprint density at radius 2 is 2.23 bits per heavy atom. The standard InChI is InChI=1S/C17H19NO3S/c1-12-6-7-14(21-12)11-17(20)18-8-2-4-13(18)10-15(19)16-5-3-9-22-16/h3,5-7,9,13H,2,4,8,10-11H2,1H3/t13-/m1/s1. The van der Waals surface area contributed by atoms with E-state index in [4.69, 9.17) is 4.42 Å². The summed E-state index contributed by atoms with van der Waals surface area (Å²) in [5.41, 5.74) is 0. The summed E-state index contributed by atoms with van der Waals surface area (Å²) < 4.78 is 5.48. The third-order valence-electron chi connectivity index (χ3n) is 4.04. The molecule has 5 heteroatoms. The van der Waals surface area contributed by atoms with Crippen molar-refractivity contribution in [1.29, 1.82) is 0 Å². The molecule has 3 rings (SSSR count). The van der Waals surface area contributed by atoms with Crippen molar-refractivity contribution in [2.24, 2.45) is 0 Å². The first-order chi connectivity index (χ1) is 10.6. The van der Waals surface area contributed by atoms with Gasteiger partial charge in [-0.3, -0.25) is 9.59 Å². The van der Waals surface area contributed by atoms with E-state index in [1.165, 1.54) is 11.3 Å². The molecule has 1 aliphatic heterocycles. The maximum Gasteiger partial charge on any atom is 0.230 e. The molecule has 2 aromatic heterocycles. The monoisotopic (exact) mass is 317 g/mol. The van der Waals surface area contributed by atoms with Gasteiger partial charge in [0.1, 0.15) is 11.5 Å². The van der Waals surface area contributed by atoms with Crippen molar-refractivity contribution in [2.45, 2.75) is 38.6 Å². The molecule has 1 aliphatic rings. The minimum atomic E-state index is 0.0261. The van der Waals surface area contributed by atoms with Gasteiger partial charge in [-0.2, -0.15) is 0 Å². The van der Waals surface area contributed by atoms with Crippen molar-refractivity contribution >= 4 is 23.0 Å². The molecule has 0 aliphatic carbocycles. The van der Waals surface area contributed by atoms with E-state index in [1.54, 1.807) is 0 Å². The molecule has 0 radical (unpaired) electrons. The summed E-state index contributed by atoms with van der Waals surface area (Å²) in [6.07, 6.45) is 2.56. The molecule has 0 unspecified atom stereocenters. The van der Waals surface area contributed by atoms with Crippen LogP contribution in [-0.2, 0) is 11.2 Å². The lowest BCUT2D eigenvalue weighted by atomic mass is 10.1. The number of ketones is 1. The number of thiophene rings is 1. The fourth-order valence-corrected chi connectivity index (χ4v) is 3.63. The molecular formula is C17H19NO3S. The highest BCUT2D eigenvalue weighted by molar-refractivity contribution is 7.12. The zero-order valence-corrected chi connectivity index (χ0v) is 13.4. The molecule has 1 atom stereocenters. The molecule has 116 valence electrons. The Balaban J connectivity index is 1.62. The van der Waals surface area contributed by atoms with Gasteiger partial charge in [-0.1, -0.05) is 6.07 Å². The van der Waals surface area contributed by atoms with Crippen LogP contribution in [0.25, 0.3) is 0 Å². The summed E-state index contributed by atoms with van der Waals surface area (Å²) in [5.74, 6) is 1.69. The first-order valence-electron chi connectivity index (χ1n) is 7.55. The van der Waals surface area contributed by atoms with Crippen molar-refractivity contribution in [2.75, 3.05) is 6.54 Å². The van der Waals surface area contributed by atoms with Crippen molar-refractivity contribution in [3.63, 3.8) is 0 Å². The quantitative estimate of drug-likeness (QED) is 0.794. The highest BCUT2D eigenvalue weighted by Gasteiger charge is 2.31. The third-order valence-corrected chi connectivity index (χ3v) is 4.95. The van der Waals surface area contributed by atoms with Crippen LogP contribution in [0.1, 0.15) is 40.5 Å². The molecular weight excluding hydrogens is 298 g/mol. The Bertz CT molecular complexity index is 659. The first-order valence-corrected chi connectivity index (χ1v) is 8.43. The number of likely N-dealkylation sites (tertiary alicyclic amines) is 1. The van der Waals surface area contributed by atoms with Gasteiger partial charge < -0.3 is 9.32 Å². The van der Waals surface area contributed by atoms with Crippen LogP contribution in [0.2, 0.25) is 0 Å². The molecule has 0 saturated carbocycles. The third kappa shape index (κ3) is 3.30. The van der Waals surface area contributed by atoms with E-state index in [0.717, 1.165) is 30.0 Å². The van der Waals surface area contributed by atoms with E-state index in [9.17, 15) is 9.59 Å². The van der Waals surface area contributed by atoms with Crippen molar-refractivity contribution < 1.29 is 14.0 Å². The summed E-state index contributed by atoms with van der Waals surface area (Å²) in [7, 11) is 0. The van der Waals surface area contributed by atoms with Crippen LogP contribution >= 0.6 is 11.3 Å². The second kappa shape index (κ2) is 6.48. The molecule has 0 spiro atoms. The molecule has 0 aromatic carbocycles. The van der Waals surface area contributed by atoms with Crippen LogP contribution in [0, 0.1) is 6.92 Å². The zero-order valence-electron chi connectivity index (χ0n) is 12.6. The lowest BCUT2D eigenvalue weighted by Crippen LogP contribution is -2.37. The Morgan fingerprint density at radius 3 is 2.91 bits per heavy atom. The van der Waals surface area contributed by atoms with Gasteiger partial charge in [0.2, 0.25) is 5.91 Å². The number of carbonyl (C=O) groups is 2. The van der Waals surface area contributed by atoms with Crippen LogP contribution < -0.4 is 0 Å². The fraction of sp³-hybridized carbons (Fsp3) is 0.412. The summed E-state index contributed by atoms with van der Waals surface area (Å²) in [5, 5.41) is 1.91. The van der Waals surface area contributed by atoms with Crippen LogP contribution in [0.4, 0.5) is 0 Å². The Labute approximate surface area is 133 Å².